The molecule has 0 spiro atoms. The minimum atomic E-state index is -1.09. The van der Waals surface area contributed by atoms with Gasteiger partial charge in [-0.15, -0.1) is 0 Å². The number of hydrogen-bond donors (Lipinski definition) is 2. The molecule has 0 fully saturated rings. The average Bonchev–Trinajstić information content (AvgIpc) is 2.56. The molecule has 2 N–H and O–H groups in total. The van der Waals surface area contributed by atoms with Gasteiger partial charge in [0, 0.05) is 5.56 Å². The van der Waals surface area contributed by atoms with Crippen LogP contribution in [0.1, 0.15) is 30.6 Å². The van der Waals surface area contributed by atoms with Gasteiger partial charge >= 0.3 is 0 Å². The van der Waals surface area contributed by atoms with Crippen molar-refractivity contribution in [3.8, 4) is 11.5 Å². The van der Waals surface area contributed by atoms with Crippen molar-refractivity contribution in [3.05, 3.63) is 17.7 Å². The first-order chi connectivity index (χ1) is 11.0. The molecule has 0 saturated carbocycles. The van der Waals surface area contributed by atoms with Crippen molar-refractivity contribution in [1.82, 2.24) is 0 Å². The predicted molar refractivity (Wildman–Crippen MR) is 83.2 cm³/mol. The van der Waals surface area contributed by atoms with Crippen LogP contribution in [0, 0.1) is 0 Å². The number of aldehydes is 1. The summed E-state index contributed by atoms with van der Waals surface area (Å²) in [5.74, 6) is 0.394. The van der Waals surface area contributed by atoms with Crippen molar-refractivity contribution >= 4 is 17.9 Å². The molecule has 2 atom stereocenters. The summed E-state index contributed by atoms with van der Waals surface area (Å²) in [5.41, 5.74) is 0.695. The molecule has 0 aliphatic carbocycles. The second kappa shape index (κ2) is 7.43. The quantitative estimate of drug-likeness (QED) is 0.719. The van der Waals surface area contributed by atoms with Crippen LogP contribution < -0.4 is 14.4 Å². The highest BCUT2D eigenvalue weighted by Crippen LogP contribution is 2.42. The first kappa shape index (κ1) is 17.2. The Morgan fingerprint density at radius 2 is 2.22 bits per heavy atom. The van der Waals surface area contributed by atoms with Gasteiger partial charge in [-0.1, -0.05) is 6.92 Å². The monoisotopic (exact) mass is 323 g/mol. The number of carbonyl (C=O) groups excluding carboxylic acids is 2. The highest BCUT2D eigenvalue weighted by Gasteiger charge is 2.35. The zero-order chi connectivity index (χ0) is 17.0. The van der Waals surface area contributed by atoms with Gasteiger partial charge in [0.2, 0.25) is 0 Å². The number of rotatable bonds is 7. The summed E-state index contributed by atoms with van der Waals surface area (Å²) in [4.78, 5) is 24.8. The maximum absolute atomic E-state index is 12.3. The van der Waals surface area contributed by atoms with Gasteiger partial charge in [0.1, 0.15) is 6.29 Å². The van der Waals surface area contributed by atoms with E-state index in [2.05, 4.69) is 0 Å². The SMILES string of the molecule is CCCOc1cc(C=O)cc2c1OC(C)C(=O)N2CC(O)CO. The molecule has 0 radical (unpaired) electrons. The van der Waals surface area contributed by atoms with Crippen LogP contribution in [0.25, 0.3) is 0 Å². The summed E-state index contributed by atoms with van der Waals surface area (Å²) in [5, 5.41) is 18.7. The van der Waals surface area contributed by atoms with Gasteiger partial charge in [0.25, 0.3) is 5.91 Å². The van der Waals surface area contributed by atoms with E-state index in [4.69, 9.17) is 14.6 Å². The molecule has 23 heavy (non-hydrogen) atoms. The van der Waals surface area contributed by atoms with Crippen LogP contribution in [0.4, 0.5) is 5.69 Å². The maximum atomic E-state index is 12.3. The van der Waals surface area contributed by atoms with Gasteiger partial charge in [-0.3, -0.25) is 9.59 Å². The van der Waals surface area contributed by atoms with Gasteiger partial charge in [-0.2, -0.15) is 0 Å². The molecule has 2 rings (SSSR count). The van der Waals surface area contributed by atoms with Crippen molar-refractivity contribution in [2.75, 3.05) is 24.7 Å². The fourth-order valence-corrected chi connectivity index (χ4v) is 2.34. The van der Waals surface area contributed by atoms with Crippen LogP contribution in [0.2, 0.25) is 0 Å². The second-order valence-corrected chi connectivity index (χ2v) is 5.38. The Morgan fingerprint density at radius 3 is 2.83 bits per heavy atom. The predicted octanol–water partition coefficient (Wildman–Crippen LogP) is 0.755. The number of carbonyl (C=O) groups is 2. The van der Waals surface area contributed by atoms with Gasteiger partial charge in [0.05, 0.1) is 31.5 Å². The number of aliphatic hydroxyl groups excluding tert-OH is 2. The van der Waals surface area contributed by atoms with Gasteiger partial charge in [-0.05, 0) is 25.5 Å². The van der Waals surface area contributed by atoms with Crippen molar-refractivity contribution in [2.24, 2.45) is 0 Å². The molecule has 0 aromatic heterocycles. The molecule has 1 heterocycles. The van der Waals surface area contributed by atoms with E-state index in [-0.39, 0.29) is 12.5 Å². The van der Waals surface area contributed by atoms with Crippen molar-refractivity contribution in [1.29, 1.82) is 0 Å². The number of aliphatic hydroxyl groups is 2. The minimum absolute atomic E-state index is 0.0917. The van der Waals surface area contributed by atoms with E-state index < -0.39 is 18.8 Å². The molecular weight excluding hydrogens is 302 g/mol. The molecule has 2 unspecified atom stereocenters. The van der Waals surface area contributed by atoms with Crippen molar-refractivity contribution < 1.29 is 29.3 Å². The summed E-state index contributed by atoms with van der Waals surface area (Å²) in [7, 11) is 0. The fraction of sp³-hybridized carbons (Fsp3) is 0.500. The molecule has 7 heteroatoms. The number of β-amino-alcohol motifs (C(OH)–C–C–N with tert-alkyl or cyclic N) is 1. The third kappa shape index (κ3) is 3.62. The Hall–Kier alpha value is -2.12. The fourth-order valence-electron chi connectivity index (χ4n) is 2.34. The van der Waals surface area contributed by atoms with Crippen LogP contribution in [0.5, 0.6) is 11.5 Å². The Balaban J connectivity index is 2.49. The number of hydrogen-bond acceptors (Lipinski definition) is 6. The third-order valence-electron chi connectivity index (χ3n) is 3.46. The second-order valence-electron chi connectivity index (χ2n) is 5.38. The van der Waals surface area contributed by atoms with E-state index >= 15 is 0 Å². The van der Waals surface area contributed by atoms with E-state index in [9.17, 15) is 14.7 Å². The summed E-state index contributed by atoms with van der Waals surface area (Å²) < 4.78 is 11.3. The Bertz CT molecular complexity index is 588. The molecule has 1 aromatic carbocycles. The third-order valence-corrected chi connectivity index (χ3v) is 3.46. The summed E-state index contributed by atoms with van der Waals surface area (Å²) >= 11 is 0. The number of anilines is 1. The van der Waals surface area contributed by atoms with E-state index in [1.165, 1.54) is 11.0 Å². The standard InChI is InChI=1S/C16H21NO6/c1-3-4-22-14-6-11(8-18)5-13-15(14)23-10(2)16(21)17(13)7-12(20)9-19/h5-6,8,10,12,19-20H,3-4,7,9H2,1-2H3. The first-order valence-electron chi connectivity index (χ1n) is 7.54. The molecule has 1 aromatic rings. The van der Waals surface area contributed by atoms with Crippen molar-refractivity contribution in [3.63, 3.8) is 0 Å². The number of benzene rings is 1. The lowest BCUT2D eigenvalue weighted by atomic mass is 10.1. The molecule has 0 saturated heterocycles. The molecule has 1 aliphatic rings. The van der Waals surface area contributed by atoms with Gasteiger partial charge in [0.15, 0.2) is 17.6 Å². The topological polar surface area (TPSA) is 96.3 Å². The lowest BCUT2D eigenvalue weighted by Crippen LogP contribution is -2.48. The normalized spacial score (nSPS) is 18.2. The highest BCUT2D eigenvalue weighted by atomic mass is 16.5. The lowest BCUT2D eigenvalue weighted by molar-refractivity contribution is -0.126. The molecular formula is C16H21NO6. The van der Waals surface area contributed by atoms with Crippen LogP contribution in [0.15, 0.2) is 12.1 Å². The van der Waals surface area contributed by atoms with Crippen LogP contribution in [0.3, 0.4) is 0 Å². The molecule has 0 bridgehead atoms. The minimum Gasteiger partial charge on any atom is -0.490 e. The molecule has 7 nitrogen and oxygen atoms in total. The number of fused-ring (bicyclic) bond motifs is 1. The number of amides is 1. The summed E-state index contributed by atoms with van der Waals surface area (Å²) in [6, 6.07) is 3.07. The van der Waals surface area contributed by atoms with E-state index in [0.29, 0.717) is 35.6 Å². The Kier molecular flexibility index (Phi) is 5.57. The highest BCUT2D eigenvalue weighted by molar-refractivity contribution is 6.01. The Labute approximate surface area is 134 Å². The summed E-state index contributed by atoms with van der Waals surface area (Å²) in [6.07, 6.45) is -0.402. The van der Waals surface area contributed by atoms with Gasteiger partial charge in [-0.25, -0.2) is 0 Å². The smallest absolute Gasteiger partial charge is 0.267 e. The van der Waals surface area contributed by atoms with Crippen LogP contribution in [-0.2, 0) is 4.79 Å². The van der Waals surface area contributed by atoms with Crippen LogP contribution in [-0.4, -0.2) is 54.4 Å². The zero-order valence-corrected chi connectivity index (χ0v) is 13.2. The Morgan fingerprint density at radius 1 is 1.48 bits per heavy atom. The lowest BCUT2D eigenvalue weighted by Gasteiger charge is -2.35. The van der Waals surface area contributed by atoms with E-state index in [0.717, 1.165) is 6.42 Å². The largest absolute Gasteiger partial charge is 0.490 e. The number of nitrogens with zero attached hydrogens (tertiary/aromatic N) is 1. The molecule has 1 aliphatic heterocycles. The number of ether oxygens (including phenoxy) is 2. The summed E-state index contributed by atoms with van der Waals surface area (Å²) in [6.45, 7) is 3.43. The van der Waals surface area contributed by atoms with E-state index in [1.807, 2.05) is 6.92 Å². The van der Waals surface area contributed by atoms with Crippen molar-refractivity contribution in [2.45, 2.75) is 32.5 Å². The first-order valence-corrected chi connectivity index (χ1v) is 7.54. The maximum Gasteiger partial charge on any atom is 0.267 e. The van der Waals surface area contributed by atoms with E-state index in [1.54, 1.807) is 13.0 Å². The zero-order valence-electron chi connectivity index (χ0n) is 13.2. The van der Waals surface area contributed by atoms with Gasteiger partial charge < -0.3 is 24.6 Å². The van der Waals surface area contributed by atoms with Crippen LogP contribution >= 0.6 is 0 Å². The average molecular weight is 323 g/mol. The molecule has 1 amide bonds. The molecule has 126 valence electrons.